The molecule has 4 nitrogen and oxygen atoms in total. The zero-order valence-corrected chi connectivity index (χ0v) is 15.2. The maximum Gasteiger partial charge on any atom is 0.100 e. The maximum absolute atomic E-state index is 9.22. The van der Waals surface area contributed by atoms with E-state index in [0.717, 1.165) is 12.8 Å². The predicted octanol–water partition coefficient (Wildman–Crippen LogP) is 3.81. The van der Waals surface area contributed by atoms with Crippen LogP contribution < -0.4 is 0 Å². The van der Waals surface area contributed by atoms with Crippen molar-refractivity contribution in [2.45, 2.75) is 103 Å². The quantitative estimate of drug-likeness (QED) is 0.334. The number of aliphatic hydroxyl groups is 3. The van der Waals surface area contributed by atoms with E-state index in [1.54, 1.807) is 0 Å². The van der Waals surface area contributed by atoms with Gasteiger partial charge in [-0.25, -0.2) is 0 Å². The lowest BCUT2D eigenvalue weighted by molar-refractivity contribution is -0.0491. The summed E-state index contributed by atoms with van der Waals surface area (Å²) in [7, 11) is 0. The summed E-state index contributed by atoms with van der Waals surface area (Å²) in [5.74, 6) is 0. The third kappa shape index (κ3) is 16.5. The topological polar surface area (TPSA) is 69.9 Å². The van der Waals surface area contributed by atoms with Crippen molar-refractivity contribution in [1.82, 2.24) is 0 Å². The zero-order valence-electron chi connectivity index (χ0n) is 15.2. The van der Waals surface area contributed by atoms with E-state index >= 15 is 0 Å². The van der Waals surface area contributed by atoms with Crippen molar-refractivity contribution in [3.8, 4) is 0 Å². The molecule has 0 aliphatic heterocycles. The molecule has 2 unspecified atom stereocenters. The van der Waals surface area contributed by atoms with Crippen LogP contribution in [0, 0.1) is 0 Å². The Bertz CT molecular complexity index is 223. The summed E-state index contributed by atoms with van der Waals surface area (Å²) in [6.45, 7) is 2.04. The van der Waals surface area contributed by atoms with Gasteiger partial charge in [-0.1, -0.05) is 84.0 Å². The highest BCUT2D eigenvalue weighted by Crippen LogP contribution is 2.13. The van der Waals surface area contributed by atoms with Crippen LogP contribution in [0.5, 0.6) is 0 Å². The third-order valence-corrected chi connectivity index (χ3v) is 4.32. The highest BCUT2D eigenvalue weighted by Gasteiger charge is 2.10. The van der Waals surface area contributed by atoms with Crippen LogP contribution in [0.1, 0.15) is 90.4 Å². The molecule has 0 saturated carbocycles. The molecular formula is C19H40O4. The van der Waals surface area contributed by atoms with Crippen LogP contribution in [0.25, 0.3) is 0 Å². The summed E-state index contributed by atoms with van der Waals surface area (Å²) in [6, 6.07) is 0. The predicted molar refractivity (Wildman–Crippen MR) is 95.6 cm³/mol. The average molecular weight is 333 g/mol. The Hall–Kier alpha value is -0.160. The van der Waals surface area contributed by atoms with Gasteiger partial charge in [0.25, 0.3) is 0 Å². The Labute approximate surface area is 143 Å². The van der Waals surface area contributed by atoms with Gasteiger partial charge in [0, 0.05) is 0 Å². The molecule has 4 heteroatoms. The highest BCUT2D eigenvalue weighted by atomic mass is 16.5. The summed E-state index contributed by atoms with van der Waals surface area (Å²) >= 11 is 0. The summed E-state index contributed by atoms with van der Waals surface area (Å²) in [5, 5.41) is 27.2. The molecule has 0 aromatic heterocycles. The molecule has 0 aromatic rings. The van der Waals surface area contributed by atoms with E-state index in [2.05, 4.69) is 6.92 Å². The number of aliphatic hydroxyl groups excluding tert-OH is 3. The first-order valence-corrected chi connectivity index (χ1v) is 9.76. The van der Waals surface area contributed by atoms with Gasteiger partial charge in [0.05, 0.1) is 25.9 Å². The van der Waals surface area contributed by atoms with Crippen molar-refractivity contribution in [2.75, 3.05) is 19.8 Å². The van der Waals surface area contributed by atoms with Crippen molar-refractivity contribution >= 4 is 0 Å². The molecule has 0 saturated heterocycles. The van der Waals surface area contributed by atoms with E-state index in [1.165, 1.54) is 70.6 Å². The first kappa shape index (κ1) is 22.8. The lowest BCUT2D eigenvalue weighted by Crippen LogP contribution is -2.26. The summed E-state index contributed by atoms with van der Waals surface area (Å²) in [6.07, 6.45) is 15.6. The van der Waals surface area contributed by atoms with E-state index in [-0.39, 0.29) is 25.9 Å². The SMILES string of the molecule is CCCCCCCCCCCCCCC(CO)OCC(O)CO. The van der Waals surface area contributed by atoms with Gasteiger partial charge < -0.3 is 20.1 Å². The fourth-order valence-electron chi connectivity index (χ4n) is 2.74. The zero-order chi connectivity index (χ0) is 17.2. The second-order valence-corrected chi connectivity index (χ2v) is 6.65. The molecule has 23 heavy (non-hydrogen) atoms. The van der Waals surface area contributed by atoms with E-state index in [1.807, 2.05) is 0 Å². The largest absolute Gasteiger partial charge is 0.394 e. The lowest BCUT2D eigenvalue weighted by Gasteiger charge is -2.17. The third-order valence-electron chi connectivity index (χ3n) is 4.32. The minimum atomic E-state index is -0.842. The molecule has 2 atom stereocenters. The number of rotatable bonds is 18. The van der Waals surface area contributed by atoms with Crippen LogP contribution in [-0.4, -0.2) is 47.3 Å². The molecule has 0 spiro atoms. The Morgan fingerprint density at radius 2 is 1.17 bits per heavy atom. The van der Waals surface area contributed by atoms with Crippen LogP contribution in [0.15, 0.2) is 0 Å². The molecule has 0 aliphatic carbocycles. The molecular weight excluding hydrogens is 292 g/mol. The minimum Gasteiger partial charge on any atom is -0.394 e. The van der Waals surface area contributed by atoms with Gasteiger partial charge in [0.15, 0.2) is 0 Å². The minimum absolute atomic E-state index is 0.0177. The van der Waals surface area contributed by atoms with Crippen molar-refractivity contribution in [3.05, 3.63) is 0 Å². The highest BCUT2D eigenvalue weighted by molar-refractivity contribution is 4.59. The lowest BCUT2D eigenvalue weighted by atomic mass is 10.0. The van der Waals surface area contributed by atoms with E-state index < -0.39 is 6.10 Å². The summed E-state index contributed by atoms with van der Waals surface area (Å²) in [4.78, 5) is 0. The molecule has 3 N–H and O–H groups in total. The first-order valence-electron chi connectivity index (χ1n) is 9.76. The number of unbranched alkanes of at least 4 members (excludes halogenated alkanes) is 11. The molecule has 0 bridgehead atoms. The number of ether oxygens (including phenoxy) is 1. The molecule has 140 valence electrons. The fraction of sp³-hybridized carbons (Fsp3) is 1.00. The van der Waals surface area contributed by atoms with Crippen LogP contribution in [0.2, 0.25) is 0 Å². The summed E-state index contributed by atoms with van der Waals surface area (Å²) < 4.78 is 5.38. The van der Waals surface area contributed by atoms with Crippen molar-refractivity contribution in [2.24, 2.45) is 0 Å². The van der Waals surface area contributed by atoms with Gasteiger partial charge in [-0.15, -0.1) is 0 Å². The monoisotopic (exact) mass is 332 g/mol. The van der Waals surface area contributed by atoms with Crippen LogP contribution in [-0.2, 0) is 4.74 Å². The fourth-order valence-corrected chi connectivity index (χ4v) is 2.74. The van der Waals surface area contributed by atoms with Gasteiger partial charge >= 0.3 is 0 Å². The Kier molecular flexibility index (Phi) is 18.1. The molecule has 0 radical (unpaired) electrons. The van der Waals surface area contributed by atoms with Crippen molar-refractivity contribution < 1.29 is 20.1 Å². The summed E-state index contributed by atoms with van der Waals surface area (Å²) in [5.41, 5.74) is 0. The molecule has 0 rings (SSSR count). The van der Waals surface area contributed by atoms with Gasteiger partial charge in [-0.05, 0) is 6.42 Å². The van der Waals surface area contributed by atoms with Crippen LogP contribution in [0.4, 0.5) is 0 Å². The van der Waals surface area contributed by atoms with Crippen molar-refractivity contribution in [3.63, 3.8) is 0 Å². The van der Waals surface area contributed by atoms with E-state index in [0.29, 0.717) is 0 Å². The van der Waals surface area contributed by atoms with Gasteiger partial charge in [-0.2, -0.15) is 0 Å². The molecule has 0 heterocycles. The molecule has 0 amide bonds. The number of hydrogen-bond acceptors (Lipinski definition) is 4. The molecule has 0 aliphatic rings. The molecule has 0 fully saturated rings. The van der Waals surface area contributed by atoms with Gasteiger partial charge in [0.2, 0.25) is 0 Å². The number of hydrogen-bond donors (Lipinski definition) is 3. The van der Waals surface area contributed by atoms with Gasteiger partial charge in [0.1, 0.15) is 6.10 Å². The second kappa shape index (κ2) is 18.2. The standard InChI is InChI=1S/C19H40O4/c1-2-3-4-5-6-7-8-9-10-11-12-13-14-19(16-21)23-17-18(22)15-20/h18-22H,2-17H2,1H3. The normalized spacial score (nSPS) is 14.1. The van der Waals surface area contributed by atoms with Crippen LogP contribution >= 0.6 is 0 Å². The van der Waals surface area contributed by atoms with Crippen LogP contribution in [0.3, 0.4) is 0 Å². The van der Waals surface area contributed by atoms with Gasteiger partial charge in [-0.3, -0.25) is 0 Å². The van der Waals surface area contributed by atoms with E-state index in [9.17, 15) is 10.2 Å². The maximum atomic E-state index is 9.22. The smallest absolute Gasteiger partial charge is 0.100 e. The Balaban J connectivity index is 3.27. The molecule has 0 aromatic carbocycles. The first-order chi connectivity index (χ1) is 11.2. The Morgan fingerprint density at radius 3 is 1.61 bits per heavy atom. The Morgan fingerprint density at radius 1 is 0.696 bits per heavy atom. The van der Waals surface area contributed by atoms with Crippen molar-refractivity contribution in [1.29, 1.82) is 0 Å². The average Bonchev–Trinajstić information content (AvgIpc) is 2.58. The van der Waals surface area contributed by atoms with E-state index in [4.69, 9.17) is 9.84 Å². The second-order valence-electron chi connectivity index (χ2n) is 6.65.